The van der Waals surface area contributed by atoms with Crippen LogP contribution in [-0.4, -0.2) is 73.2 Å². The number of esters is 3. The summed E-state index contributed by atoms with van der Waals surface area (Å²) in [6, 6.07) is 0.126. The molecule has 0 amide bonds. The van der Waals surface area contributed by atoms with Crippen molar-refractivity contribution in [2.45, 2.75) is 61.6 Å². The van der Waals surface area contributed by atoms with Gasteiger partial charge in [-0.15, -0.1) is 16.4 Å². The molecule has 18 heteroatoms. The van der Waals surface area contributed by atoms with Crippen LogP contribution in [0.25, 0.3) is 10.7 Å². The molecule has 4 rings (SSSR count). The molecule has 5 unspecified atom stereocenters. The summed E-state index contributed by atoms with van der Waals surface area (Å²) in [6.07, 6.45) is -4.12. The van der Waals surface area contributed by atoms with E-state index in [2.05, 4.69) is 36.2 Å². The summed E-state index contributed by atoms with van der Waals surface area (Å²) in [5, 5.41) is 10.6. The van der Waals surface area contributed by atoms with Crippen LogP contribution in [0.15, 0.2) is 39.4 Å². The molecule has 3 aromatic heterocycles. The van der Waals surface area contributed by atoms with Gasteiger partial charge in [0.15, 0.2) is 17.9 Å². The smallest absolute Gasteiger partial charge is 0.434 e. The van der Waals surface area contributed by atoms with Gasteiger partial charge in [-0.05, 0) is 22.0 Å². The normalized spacial score (nSPS) is 22.7. The summed E-state index contributed by atoms with van der Waals surface area (Å²) >= 11 is 5.10. The van der Waals surface area contributed by atoms with Gasteiger partial charge in [0, 0.05) is 47.9 Å². The Balaban J connectivity index is 1.78. The van der Waals surface area contributed by atoms with Crippen molar-refractivity contribution in [3.8, 4) is 10.7 Å². The lowest BCUT2D eigenvalue weighted by molar-refractivity contribution is -0.212. The van der Waals surface area contributed by atoms with Crippen molar-refractivity contribution in [2.24, 2.45) is 0 Å². The van der Waals surface area contributed by atoms with Gasteiger partial charge < -0.3 is 18.9 Å². The third-order valence-electron chi connectivity index (χ3n) is 5.48. The van der Waals surface area contributed by atoms with E-state index in [1.165, 1.54) is 35.2 Å². The fourth-order valence-electron chi connectivity index (χ4n) is 3.98. The monoisotopic (exact) mass is 679 g/mol. The number of halogens is 4. The van der Waals surface area contributed by atoms with E-state index in [-0.39, 0.29) is 16.0 Å². The number of carbonyl (C=O) groups excluding carboxylic acids is 3. The number of thiazole rings is 1. The van der Waals surface area contributed by atoms with Crippen molar-refractivity contribution >= 4 is 56.9 Å². The van der Waals surface area contributed by atoms with Crippen LogP contribution < -0.4 is 0 Å². The molecule has 0 saturated carbocycles. The van der Waals surface area contributed by atoms with E-state index in [0.29, 0.717) is 10.7 Å². The lowest BCUT2D eigenvalue weighted by Crippen LogP contribution is -2.57. The van der Waals surface area contributed by atoms with Crippen molar-refractivity contribution in [1.82, 2.24) is 25.0 Å². The highest BCUT2D eigenvalue weighted by Gasteiger charge is 2.52. The number of rotatable bonds is 8. The predicted molar refractivity (Wildman–Crippen MR) is 139 cm³/mol. The van der Waals surface area contributed by atoms with Gasteiger partial charge in [-0.2, -0.15) is 13.2 Å². The maximum absolute atomic E-state index is 13.3. The topological polar surface area (TPSA) is 145 Å². The summed E-state index contributed by atoms with van der Waals surface area (Å²) in [7, 11) is 0. The van der Waals surface area contributed by atoms with Gasteiger partial charge in [0.25, 0.3) is 0 Å². The van der Waals surface area contributed by atoms with Crippen LogP contribution in [0.5, 0.6) is 0 Å². The molecule has 12 nitrogen and oxygen atoms in total. The first-order valence-electron chi connectivity index (χ1n) is 11.7. The molecule has 0 radical (unpaired) electrons. The van der Waals surface area contributed by atoms with Crippen LogP contribution in [0.1, 0.15) is 32.5 Å². The second-order valence-corrected chi connectivity index (χ2v) is 11.4. The van der Waals surface area contributed by atoms with E-state index in [9.17, 15) is 27.6 Å². The van der Waals surface area contributed by atoms with Gasteiger partial charge in [-0.25, -0.2) is 14.6 Å². The van der Waals surface area contributed by atoms with Crippen molar-refractivity contribution in [3.05, 3.63) is 40.2 Å². The van der Waals surface area contributed by atoms with Crippen molar-refractivity contribution in [3.63, 3.8) is 0 Å². The van der Waals surface area contributed by atoms with E-state index in [4.69, 9.17) is 18.9 Å². The van der Waals surface area contributed by atoms with Gasteiger partial charge in [-0.3, -0.25) is 14.4 Å². The first-order chi connectivity index (χ1) is 19.3. The minimum atomic E-state index is -4.69. The molecule has 1 aliphatic heterocycles. The minimum Gasteiger partial charge on any atom is -0.463 e. The Labute approximate surface area is 247 Å². The maximum Gasteiger partial charge on any atom is 0.434 e. The number of nitrogens with zero attached hydrogens (tertiary/aromatic N) is 5. The fourth-order valence-corrected chi connectivity index (χ4v) is 6.41. The lowest BCUT2D eigenvalue weighted by atomic mass is 9.96. The largest absolute Gasteiger partial charge is 0.463 e. The summed E-state index contributed by atoms with van der Waals surface area (Å²) in [5.74, 6) is -2.07. The SMILES string of the molecule is CC(=O)OCC1OC(Sc2cnc(C(F)(F)F)c(Br)c2)C(OC(C)=O)C(n2cc(-c3nccs3)nn2)C1OC(C)=O. The van der Waals surface area contributed by atoms with Crippen LogP contribution in [0.4, 0.5) is 13.2 Å². The molecule has 0 bridgehead atoms. The second kappa shape index (κ2) is 12.8. The molecule has 1 saturated heterocycles. The Morgan fingerprint density at radius 3 is 2.41 bits per heavy atom. The van der Waals surface area contributed by atoms with Crippen LogP contribution in [0.2, 0.25) is 0 Å². The quantitative estimate of drug-likeness (QED) is 0.250. The van der Waals surface area contributed by atoms with Crippen LogP contribution in [0.3, 0.4) is 0 Å². The maximum atomic E-state index is 13.3. The van der Waals surface area contributed by atoms with E-state index < -0.39 is 59.6 Å². The number of aromatic nitrogens is 5. The Hall–Kier alpha value is -3.09. The minimum absolute atomic E-state index is 0.227. The molecule has 1 aliphatic rings. The summed E-state index contributed by atoms with van der Waals surface area (Å²) in [5.41, 5.74) is -1.86. The van der Waals surface area contributed by atoms with Crippen LogP contribution in [-0.2, 0) is 39.5 Å². The predicted octanol–water partition coefficient (Wildman–Crippen LogP) is 4.06. The van der Waals surface area contributed by atoms with E-state index in [1.54, 1.807) is 11.6 Å². The third-order valence-corrected chi connectivity index (χ3v) is 7.98. The van der Waals surface area contributed by atoms with Crippen LogP contribution in [0, 0.1) is 0 Å². The molecule has 0 aliphatic carbocycles. The molecular formula is C23H21BrF3N5O7S2. The number of carbonyl (C=O) groups is 3. The van der Waals surface area contributed by atoms with Crippen molar-refractivity contribution in [2.75, 3.05) is 6.61 Å². The molecule has 0 aromatic carbocycles. The number of pyridine rings is 1. The first kappa shape index (κ1) is 30.9. The lowest BCUT2D eigenvalue weighted by Gasteiger charge is -2.44. The molecule has 220 valence electrons. The van der Waals surface area contributed by atoms with Crippen LogP contribution >= 0.6 is 39.0 Å². The van der Waals surface area contributed by atoms with Crippen molar-refractivity contribution < 1.29 is 46.5 Å². The zero-order chi connectivity index (χ0) is 29.9. The first-order valence-corrected chi connectivity index (χ1v) is 14.2. The van der Waals surface area contributed by atoms with Gasteiger partial charge >= 0.3 is 24.1 Å². The zero-order valence-corrected chi connectivity index (χ0v) is 24.6. The Bertz CT molecular complexity index is 1410. The zero-order valence-electron chi connectivity index (χ0n) is 21.4. The van der Waals surface area contributed by atoms with Gasteiger partial charge in [-0.1, -0.05) is 17.0 Å². The number of alkyl halides is 3. The molecule has 3 aromatic rings. The van der Waals surface area contributed by atoms with Gasteiger partial charge in [0.2, 0.25) is 0 Å². The highest BCUT2D eigenvalue weighted by atomic mass is 79.9. The second-order valence-electron chi connectivity index (χ2n) is 8.52. The molecule has 41 heavy (non-hydrogen) atoms. The Kier molecular flexibility index (Phi) is 9.66. The standard InChI is InChI=1S/C23H21BrF3N5O7S2/c1-10(33)36-9-16-18(37-11(2)34)17(32-8-15(30-31-32)21-28-4-5-40-21)19(38-12(3)35)22(39-16)41-13-6-14(24)20(29-7-13)23(25,26)27/h4-8,16-19,22H,9H2,1-3H3. The summed E-state index contributed by atoms with van der Waals surface area (Å²) < 4.78 is 63.3. The van der Waals surface area contributed by atoms with Gasteiger partial charge in [0.1, 0.15) is 34.9 Å². The Morgan fingerprint density at radius 2 is 1.83 bits per heavy atom. The van der Waals surface area contributed by atoms with Crippen molar-refractivity contribution in [1.29, 1.82) is 0 Å². The number of hydrogen-bond acceptors (Lipinski definition) is 13. The molecule has 0 N–H and O–H groups in total. The third kappa shape index (κ3) is 7.60. The Morgan fingerprint density at radius 1 is 1.12 bits per heavy atom. The number of hydrogen-bond donors (Lipinski definition) is 0. The number of ether oxygens (including phenoxy) is 4. The van der Waals surface area contributed by atoms with E-state index in [0.717, 1.165) is 31.8 Å². The molecular weight excluding hydrogens is 659 g/mol. The van der Waals surface area contributed by atoms with E-state index >= 15 is 0 Å². The molecule has 0 spiro atoms. The number of thioether (sulfide) groups is 1. The molecule has 5 atom stereocenters. The summed E-state index contributed by atoms with van der Waals surface area (Å²) in [4.78, 5) is 44.0. The highest BCUT2D eigenvalue weighted by molar-refractivity contribution is 9.10. The highest BCUT2D eigenvalue weighted by Crippen LogP contribution is 2.43. The summed E-state index contributed by atoms with van der Waals surface area (Å²) in [6.45, 7) is 3.13. The average molecular weight is 680 g/mol. The average Bonchev–Trinajstić information content (AvgIpc) is 3.55. The molecule has 1 fully saturated rings. The fraction of sp³-hybridized carbons (Fsp3) is 0.435. The van der Waals surface area contributed by atoms with Gasteiger partial charge in [0.05, 0.1) is 6.20 Å². The molecule has 4 heterocycles. The van der Waals surface area contributed by atoms with E-state index in [1.807, 2.05) is 0 Å².